The normalized spacial score (nSPS) is 15.9. The second kappa shape index (κ2) is 9.47. The number of amidine groups is 1. The predicted octanol–water partition coefficient (Wildman–Crippen LogP) is 2.95. The third kappa shape index (κ3) is 5.89. The van der Waals surface area contributed by atoms with E-state index in [0.717, 1.165) is 25.6 Å². The number of aliphatic hydroxyl groups excluding tert-OH is 2. The molecule has 1 aliphatic rings. The Morgan fingerprint density at radius 2 is 2.04 bits per heavy atom. The number of anilines is 1. The van der Waals surface area contributed by atoms with E-state index in [4.69, 9.17) is 34.8 Å². The Hall–Kier alpha value is -0.720. The first-order chi connectivity index (χ1) is 12.0. The molecule has 0 radical (unpaired) electrons. The summed E-state index contributed by atoms with van der Waals surface area (Å²) in [5.74, 6) is -1.80. The molecule has 0 fully saturated rings. The van der Waals surface area contributed by atoms with Gasteiger partial charge in [0.15, 0.2) is 5.13 Å². The Kier molecular flexibility index (Phi) is 8.49. The zero-order valence-electron chi connectivity index (χ0n) is 13.3. The number of thiazole rings is 1. The number of alkyl halides is 3. The lowest BCUT2D eigenvalue weighted by Crippen LogP contribution is -2.26. The summed E-state index contributed by atoms with van der Waals surface area (Å²) >= 11 is 16.7. The van der Waals surface area contributed by atoms with Gasteiger partial charge >= 0.3 is 12.6 Å². The minimum atomic E-state index is -3.73. The van der Waals surface area contributed by atoms with Crippen LogP contribution in [0.25, 0.3) is 0 Å². The summed E-state index contributed by atoms with van der Waals surface area (Å²) in [6.07, 6.45) is 1.17. The highest BCUT2D eigenvalue weighted by atomic mass is 35.6. The number of aliphatic hydroxyl groups is 2. The maximum absolute atomic E-state index is 11.3. The molecule has 1 aromatic rings. The van der Waals surface area contributed by atoms with Crippen LogP contribution in [-0.2, 0) is 13.6 Å². The van der Waals surface area contributed by atoms with Crippen LogP contribution in [0.3, 0.4) is 0 Å². The van der Waals surface area contributed by atoms with E-state index in [2.05, 4.69) is 19.0 Å². The summed E-state index contributed by atoms with van der Waals surface area (Å²) < 4.78 is 18.1. The number of hydrogen-bond donors (Lipinski definition) is 2. The first-order valence-electron chi connectivity index (χ1n) is 6.53. The van der Waals surface area contributed by atoms with Crippen LogP contribution in [0.2, 0.25) is 0 Å². The van der Waals surface area contributed by atoms with E-state index in [1.807, 2.05) is 0 Å². The van der Waals surface area contributed by atoms with Crippen LogP contribution in [-0.4, -0.2) is 63.1 Å². The summed E-state index contributed by atoms with van der Waals surface area (Å²) in [6.45, 7) is 0.996. The van der Waals surface area contributed by atoms with E-state index in [1.54, 1.807) is 0 Å². The monoisotopic (exact) mass is 470 g/mol. The zero-order chi connectivity index (χ0) is 20.1. The van der Waals surface area contributed by atoms with E-state index < -0.39 is 22.2 Å². The first kappa shape index (κ1) is 23.3. The lowest BCUT2D eigenvalue weighted by atomic mass is 10.6. The summed E-state index contributed by atoms with van der Waals surface area (Å²) in [5, 5.41) is 29.2. The number of halogens is 3. The Balaban J connectivity index is 0.000000265. The molecule has 2 N–H and O–H groups in total. The highest BCUT2D eigenvalue weighted by molar-refractivity contribution is 7.54. The number of aromatic nitrogens is 1. The van der Waals surface area contributed by atoms with Gasteiger partial charge in [-0.3, -0.25) is 19.6 Å². The minimum Gasteiger partial charge on any atom is -0.480 e. The molecular formula is C10H14Cl3N4O7PS. The van der Waals surface area contributed by atoms with Crippen LogP contribution in [0.5, 0.6) is 0 Å². The van der Waals surface area contributed by atoms with E-state index in [1.165, 1.54) is 11.1 Å². The summed E-state index contributed by atoms with van der Waals surface area (Å²) in [6, 6.07) is -0.130. The molecule has 1 atom stereocenters. The fraction of sp³-hybridized carbons (Fsp3) is 0.600. The number of hydrogen-bond acceptors (Lipinski definition) is 10. The molecule has 0 saturated carbocycles. The molecule has 1 unspecified atom stereocenters. The zero-order valence-corrected chi connectivity index (χ0v) is 17.3. The average Bonchev–Trinajstić information content (AvgIpc) is 3.21. The molecule has 0 aromatic carbocycles. The molecule has 1 aromatic heterocycles. The van der Waals surface area contributed by atoms with Crippen molar-refractivity contribution >= 4 is 69.9 Å². The number of aliphatic imine (C=N–C) groups is 1. The van der Waals surface area contributed by atoms with Crippen LogP contribution in [0.4, 0.5) is 10.1 Å². The van der Waals surface area contributed by atoms with Crippen LogP contribution >= 0.6 is 53.7 Å². The molecule has 0 bridgehead atoms. The molecule has 26 heavy (non-hydrogen) atoms. The Morgan fingerprint density at radius 1 is 1.46 bits per heavy atom. The SMILES string of the molecule is COP(=O)(OC)C(O)C(Cl)(Cl)Cl.O=[N+]([O-])c1cnc(N2CCN=C2O)s1. The van der Waals surface area contributed by atoms with Gasteiger partial charge in [-0.1, -0.05) is 34.8 Å². The molecule has 1 aliphatic heterocycles. The number of nitrogens with zero attached hydrogens (tertiary/aromatic N) is 4. The maximum Gasteiger partial charge on any atom is 0.362 e. The molecule has 0 spiro atoms. The van der Waals surface area contributed by atoms with E-state index >= 15 is 0 Å². The van der Waals surface area contributed by atoms with Gasteiger partial charge in [-0.2, -0.15) is 0 Å². The highest BCUT2D eigenvalue weighted by Crippen LogP contribution is 2.57. The topological polar surface area (TPSA) is 148 Å². The quantitative estimate of drug-likeness (QED) is 0.286. The maximum atomic E-state index is 11.3. The standard InChI is InChI=1S/C6H6N4O3S.C4H8Cl3O4P/c11-5-7-1-2-9(5)6-8-3-4(14-6)10(12)13;1-10-12(9,11-2)3(8)4(5,6)7/h3H,1-2H2,(H,7,11);3,8H,1-2H3. The highest BCUT2D eigenvalue weighted by Gasteiger charge is 2.46. The second-order valence-corrected chi connectivity index (χ2v) is 10.0. The summed E-state index contributed by atoms with van der Waals surface area (Å²) in [4.78, 5) is 18.9. The third-order valence-electron chi connectivity index (χ3n) is 2.81. The van der Waals surface area contributed by atoms with Crippen molar-refractivity contribution in [1.29, 1.82) is 0 Å². The Labute approximate surface area is 166 Å². The van der Waals surface area contributed by atoms with Crippen molar-refractivity contribution in [3.05, 3.63) is 16.3 Å². The number of nitro groups is 1. The van der Waals surface area contributed by atoms with Gasteiger partial charge in [0, 0.05) is 20.8 Å². The van der Waals surface area contributed by atoms with Gasteiger partial charge in [-0.25, -0.2) is 9.98 Å². The third-order valence-corrected chi connectivity index (χ3v) is 6.86. The lowest BCUT2D eigenvalue weighted by molar-refractivity contribution is -0.380. The van der Waals surface area contributed by atoms with Crippen LogP contribution in [0.1, 0.15) is 0 Å². The predicted molar refractivity (Wildman–Crippen MR) is 99.0 cm³/mol. The fourth-order valence-electron chi connectivity index (χ4n) is 1.54. The summed E-state index contributed by atoms with van der Waals surface area (Å²) in [7, 11) is -1.56. The lowest BCUT2D eigenvalue weighted by Gasteiger charge is -2.24. The Morgan fingerprint density at radius 3 is 2.35 bits per heavy atom. The molecule has 2 heterocycles. The van der Waals surface area contributed by atoms with Crippen molar-refractivity contribution in [1.82, 2.24) is 4.98 Å². The minimum absolute atomic E-state index is 0.0419. The molecule has 11 nitrogen and oxygen atoms in total. The van der Waals surface area contributed by atoms with Crippen molar-refractivity contribution < 1.29 is 28.7 Å². The number of rotatable bonds is 5. The van der Waals surface area contributed by atoms with Crippen LogP contribution < -0.4 is 4.90 Å². The van der Waals surface area contributed by atoms with Crippen molar-refractivity contribution in [3.8, 4) is 0 Å². The fourth-order valence-corrected chi connectivity index (χ4v) is 4.27. The van der Waals surface area contributed by atoms with Gasteiger partial charge in [0.1, 0.15) is 6.20 Å². The first-order valence-corrected chi connectivity index (χ1v) is 10.1. The van der Waals surface area contributed by atoms with E-state index in [9.17, 15) is 24.9 Å². The van der Waals surface area contributed by atoms with Crippen molar-refractivity contribution in [2.45, 2.75) is 9.64 Å². The van der Waals surface area contributed by atoms with Crippen molar-refractivity contribution in [2.75, 3.05) is 32.2 Å². The summed E-state index contributed by atoms with van der Waals surface area (Å²) in [5.41, 5.74) is 0. The van der Waals surface area contributed by atoms with Gasteiger partial charge in [0.25, 0.3) is 6.02 Å². The van der Waals surface area contributed by atoms with Gasteiger partial charge in [0.2, 0.25) is 9.64 Å². The molecule has 0 amide bonds. The van der Waals surface area contributed by atoms with E-state index in [-0.39, 0.29) is 11.0 Å². The van der Waals surface area contributed by atoms with Gasteiger partial charge < -0.3 is 19.3 Å². The molecular weight excluding hydrogens is 458 g/mol. The molecule has 148 valence electrons. The second-order valence-electron chi connectivity index (χ2n) is 4.39. The molecule has 2 rings (SSSR count). The molecule has 0 aliphatic carbocycles. The van der Waals surface area contributed by atoms with Gasteiger partial charge in [0.05, 0.1) is 11.5 Å². The molecule has 16 heteroatoms. The Bertz CT molecular complexity index is 705. The van der Waals surface area contributed by atoms with Gasteiger partial charge in [-0.05, 0) is 11.3 Å². The molecule has 0 saturated heterocycles. The van der Waals surface area contributed by atoms with Crippen LogP contribution in [0, 0.1) is 10.1 Å². The van der Waals surface area contributed by atoms with E-state index in [0.29, 0.717) is 18.2 Å². The largest absolute Gasteiger partial charge is 0.480 e. The van der Waals surface area contributed by atoms with Crippen LogP contribution in [0.15, 0.2) is 11.2 Å². The van der Waals surface area contributed by atoms with Crippen molar-refractivity contribution in [3.63, 3.8) is 0 Å². The van der Waals surface area contributed by atoms with Crippen molar-refractivity contribution in [2.24, 2.45) is 4.99 Å². The van der Waals surface area contributed by atoms with Gasteiger partial charge in [-0.15, -0.1) is 0 Å². The smallest absolute Gasteiger partial charge is 0.362 e. The average molecular weight is 472 g/mol.